The number of rotatable bonds is 6. The van der Waals surface area contributed by atoms with Gasteiger partial charge in [0.1, 0.15) is 23.8 Å². The fourth-order valence-corrected chi connectivity index (χ4v) is 5.00. The Morgan fingerprint density at radius 2 is 2.06 bits per heavy atom. The highest BCUT2D eigenvalue weighted by atomic mass is 19.1. The fraction of sp³-hybridized carbons (Fsp3) is 0.222. The number of halogens is 1. The Hall–Kier alpha value is -4.24. The van der Waals surface area contributed by atoms with E-state index in [-0.39, 0.29) is 25.2 Å². The van der Waals surface area contributed by atoms with Gasteiger partial charge in [-0.3, -0.25) is 14.3 Å². The van der Waals surface area contributed by atoms with Crippen molar-refractivity contribution >= 4 is 22.5 Å². The van der Waals surface area contributed by atoms with Crippen LogP contribution < -0.4 is 4.74 Å². The van der Waals surface area contributed by atoms with Gasteiger partial charge in [0, 0.05) is 48.8 Å². The molecule has 2 aromatic carbocycles. The van der Waals surface area contributed by atoms with Crippen molar-refractivity contribution in [3.8, 4) is 16.9 Å². The van der Waals surface area contributed by atoms with Crippen molar-refractivity contribution in [1.82, 2.24) is 19.6 Å². The van der Waals surface area contributed by atoms with E-state index in [2.05, 4.69) is 15.2 Å². The quantitative estimate of drug-likeness (QED) is 0.360. The van der Waals surface area contributed by atoms with Crippen LogP contribution in [0.4, 0.5) is 4.39 Å². The van der Waals surface area contributed by atoms with Crippen LogP contribution in [-0.4, -0.2) is 43.9 Å². The molecular weight excluding hydrogens is 463 g/mol. The van der Waals surface area contributed by atoms with E-state index < -0.39 is 17.2 Å². The molecule has 9 heteroatoms. The van der Waals surface area contributed by atoms with Crippen LogP contribution in [0.3, 0.4) is 0 Å². The van der Waals surface area contributed by atoms with E-state index in [4.69, 9.17) is 9.47 Å². The first kappa shape index (κ1) is 22.2. The van der Waals surface area contributed by atoms with E-state index >= 15 is 0 Å². The number of ether oxygens (including phenoxy) is 2. The Balaban J connectivity index is 1.33. The first-order valence-electron chi connectivity index (χ1n) is 11.7. The zero-order valence-corrected chi connectivity index (χ0v) is 19.3. The number of nitrogens with one attached hydrogen (secondary N) is 1. The number of nitrogens with zero attached hydrogens (tertiary/aromatic N) is 3. The van der Waals surface area contributed by atoms with Gasteiger partial charge in [0.2, 0.25) is 0 Å². The highest BCUT2D eigenvalue weighted by Gasteiger charge is 2.42. The third-order valence-corrected chi connectivity index (χ3v) is 6.95. The maximum atomic E-state index is 14.5. The number of carboxylic acid groups (broad SMARTS) is 1. The van der Waals surface area contributed by atoms with Crippen molar-refractivity contribution in [2.45, 2.75) is 24.9 Å². The van der Waals surface area contributed by atoms with Gasteiger partial charge in [0.25, 0.3) is 0 Å². The van der Waals surface area contributed by atoms with E-state index in [0.717, 1.165) is 33.2 Å². The molecule has 4 heterocycles. The van der Waals surface area contributed by atoms with E-state index in [1.807, 2.05) is 41.1 Å². The molecule has 0 amide bonds. The van der Waals surface area contributed by atoms with Gasteiger partial charge in [0.05, 0.1) is 17.1 Å². The van der Waals surface area contributed by atoms with Crippen LogP contribution in [0, 0.1) is 5.82 Å². The van der Waals surface area contributed by atoms with Gasteiger partial charge < -0.3 is 14.6 Å². The Morgan fingerprint density at radius 3 is 2.83 bits per heavy atom. The lowest BCUT2D eigenvalue weighted by molar-refractivity contribution is -0.147. The van der Waals surface area contributed by atoms with Gasteiger partial charge in [-0.25, -0.2) is 9.37 Å². The number of aromatic nitrogens is 4. The summed E-state index contributed by atoms with van der Waals surface area (Å²) in [6.45, 7) is 0.827. The second-order valence-electron chi connectivity index (χ2n) is 9.02. The molecule has 6 rings (SSSR count). The zero-order chi connectivity index (χ0) is 24.7. The molecule has 2 N–H and O–H groups in total. The second-order valence-corrected chi connectivity index (χ2v) is 9.02. The highest BCUT2D eigenvalue weighted by molar-refractivity contribution is 5.97. The number of carbonyl (C=O) groups is 1. The molecule has 0 aliphatic carbocycles. The molecule has 5 aromatic rings. The van der Waals surface area contributed by atoms with Gasteiger partial charge in [0.15, 0.2) is 0 Å². The third kappa shape index (κ3) is 3.77. The molecule has 1 saturated heterocycles. The molecule has 1 aliphatic rings. The summed E-state index contributed by atoms with van der Waals surface area (Å²) in [5.74, 6) is -1.22. The average molecular weight is 487 g/mol. The van der Waals surface area contributed by atoms with Crippen molar-refractivity contribution < 1.29 is 23.8 Å². The Bertz CT molecular complexity index is 1570. The number of aromatic amines is 1. The Labute approximate surface area is 205 Å². The van der Waals surface area contributed by atoms with E-state index in [1.54, 1.807) is 18.5 Å². The van der Waals surface area contributed by atoms with Crippen LogP contribution >= 0.6 is 0 Å². The number of hydrogen-bond donors (Lipinski definition) is 2. The standard InChI is InChI=1S/C27H23FN4O4/c28-20-10-19(27(26(33)34)3-7-35-8-4-27)11-21(12-20)36-16-17-1-2-22-23(18-14-30-31-15-18)13-25-29-5-6-32(25)24(22)9-17/h1-2,5-6,9-15H,3-4,7-8,16H2,(H,30,31)(H,33,34). The van der Waals surface area contributed by atoms with Crippen LogP contribution in [0.15, 0.2) is 67.3 Å². The van der Waals surface area contributed by atoms with Crippen molar-refractivity contribution in [2.75, 3.05) is 13.2 Å². The predicted molar refractivity (Wildman–Crippen MR) is 130 cm³/mol. The zero-order valence-electron chi connectivity index (χ0n) is 19.3. The van der Waals surface area contributed by atoms with Gasteiger partial charge >= 0.3 is 5.97 Å². The maximum Gasteiger partial charge on any atom is 0.314 e. The largest absolute Gasteiger partial charge is 0.489 e. The molecular formula is C27H23FN4O4. The van der Waals surface area contributed by atoms with Gasteiger partial charge in [-0.05, 0) is 53.8 Å². The van der Waals surface area contributed by atoms with Gasteiger partial charge in [-0.1, -0.05) is 12.1 Å². The second kappa shape index (κ2) is 8.76. The van der Waals surface area contributed by atoms with E-state index in [0.29, 0.717) is 18.8 Å². The predicted octanol–water partition coefficient (Wildman–Crippen LogP) is 4.73. The van der Waals surface area contributed by atoms with Crippen LogP contribution in [0.2, 0.25) is 0 Å². The smallest absolute Gasteiger partial charge is 0.314 e. The maximum absolute atomic E-state index is 14.5. The van der Waals surface area contributed by atoms with Crippen molar-refractivity contribution in [2.24, 2.45) is 0 Å². The van der Waals surface area contributed by atoms with Crippen LogP contribution in [0.5, 0.6) is 5.75 Å². The number of fused-ring (bicyclic) bond motifs is 3. The van der Waals surface area contributed by atoms with Gasteiger partial charge in [-0.2, -0.15) is 5.10 Å². The molecule has 1 aliphatic heterocycles. The number of H-pyrrole nitrogens is 1. The topological polar surface area (TPSA) is 102 Å². The number of benzene rings is 2. The molecule has 3 aromatic heterocycles. The SMILES string of the molecule is O=C(O)C1(c2cc(F)cc(OCc3ccc4c(-c5cn[nH]c5)cc5nccn5c4c3)c2)CCOCC1. The monoisotopic (exact) mass is 486 g/mol. The number of carboxylic acids is 1. The lowest BCUT2D eigenvalue weighted by Crippen LogP contribution is -2.41. The fourth-order valence-electron chi connectivity index (χ4n) is 5.00. The summed E-state index contributed by atoms with van der Waals surface area (Å²) in [6.07, 6.45) is 7.84. The number of pyridine rings is 1. The number of aliphatic carboxylic acids is 1. The number of hydrogen-bond acceptors (Lipinski definition) is 5. The summed E-state index contributed by atoms with van der Waals surface area (Å²) >= 11 is 0. The molecule has 36 heavy (non-hydrogen) atoms. The summed E-state index contributed by atoms with van der Waals surface area (Å²) in [6, 6.07) is 12.2. The normalized spacial score (nSPS) is 15.4. The van der Waals surface area contributed by atoms with Crippen LogP contribution in [0.25, 0.3) is 27.7 Å². The molecule has 0 bridgehead atoms. The number of imidazole rings is 1. The van der Waals surface area contributed by atoms with Gasteiger partial charge in [-0.15, -0.1) is 0 Å². The lowest BCUT2D eigenvalue weighted by atomic mass is 9.74. The van der Waals surface area contributed by atoms with Crippen molar-refractivity contribution in [3.05, 3.63) is 84.2 Å². The molecule has 0 saturated carbocycles. The molecule has 0 atom stereocenters. The summed E-state index contributed by atoms with van der Waals surface area (Å²) in [7, 11) is 0. The molecule has 1 fully saturated rings. The average Bonchev–Trinajstić information content (AvgIpc) is 3.59. The molecule has 182 valence electrons. The van der Waals surface area contributed by atoms with Crippen molar-refractivity contribution in [3.63, 3.8) is 0 Å². The van der Waals surface area contributed by atoms with Crippen molar-refractivity contribution in [1.29, 1.82) is 0 Å². The third-order valence-electron chi connectivity index (χ3n) is 6.95. The minimum atomic E-state index is -1.18. The molecule has 0 spiro atoms. The van der Waals surface area contributed by atoms with Crippen LogP contribution in [-0.2, 0) is 21.6 Å². The lowest BCUT2D eigenvalue weighted by Gasteiger charge is -2.33. The molecule has 0 unspecified atom stereocenters. The Morgan fingerprint density at radius 1 is 1.19 bits per heavy atom. The summed E-state index contributed by atoms with van der Waals surface area (Å²) in [5, 5.41) is 17.9. The summed E-state index contributed by atoms with van der Waals surface area (Å²) in [5.41, 5.74) is 3.83. The summed E-state index contributed by atoms with van der Waals surface area (Å²) < 4.78 is 27.9. The van der Waals surface area contributed by atoms with E-state index in [1.165, 1.54) is 12.1 Å². The van der Waals surface area contributed by atoms with E-state index in [9.17, 15) is 14.3 Å². The molecule has 0 radical (unpaired) electrons. The molecule has 8 nitrogen and oxygen atoms in total. The first-order valence-corrected chi connectivity index (χ1v) is 11.7. The highest BCUT2D eigenvalue weighted by Crippen LogP contribution is 2.37. The summed E-state index contributed by atoms with van der Waals surface area (Å²) in [4.78, 5) is 16.6. The first-order chi connectivity index (χ1) is 17.5. The van der Waals surface area contributed by atoms with Crippen LogP contribution in [0.1, 0.15) is 24.0 Å². The minimum Gasteiger partial charge on any atom is -0.489 e. The Kier molecular flexibility index (Phi) is 5.41. The minimum absolute atomic E-state index is 0.189.